The molecule has 2 heterocycles. The summed E-state index contributed by atoms with van der Waals surface area (Å²) >= 11 is 7.56. The number of benzene rings is 2. The SMILES string of the molecule is Clc1ccc(N/N=C\c2cn(-c3ccccc3)nc2-c2cccs2)cc1. The molecule has 0 aliphatic rings. The van der Waals surface area contributed by atoms with Gasteiger partial charge < -0.3 is 0 Å². The third-order valence-corrected chi connectivity index (χ3v) is 4.89. The first-order valence-electron chi connectivity index (χ1n) is 8.03. The average molecular weight is 379 g/mol. The van der Waals surface area contributed by atoms with Gasteiger partial charge in [0.05, 0.1) is 22.5 Å². The van der Waals surface area contributed by atoms with Gasteiger partial charge in [0, 0.05) is 16.8 Å². The maximum absolute atomic E-state index is 5.90. The van der Waals surface area contributed by atoms with Gasteiger partial charge >= 0.3 is 0 Å². The number of hydrogen-bond acceptors (Lipinski definition) is 4. The highest BCUT2D eigenvalue weighted by molar-refractivity contribution is 7.13. The van der Waals surface area contributed by atoms with E-state index < -0.39 is 0 Å². The molecule has 0 amide bonds. The second-order valence-electron chi connectivity index (χ2n) is 5.57. The summed E-state index contributed by atoms with van der Waals surface area (Å²) in [5.41, 5.74) is 6.75. The van der Waals surface area contributed by atoms with Gasteiger partial charge in [-0.25, -0.2) is 4.68 Å². The number of hydrazone groups is 1. The Morgan fingerprint density at radius 1 is 1.00 bits per heavy atom. The van der Waals surface area contributed by atoms with E-state index in [0.717, 1.165) is 27.5 Å². The summed E-state index contributed by atoms with van der Waals surface area (Å²) in [6, 6.07) is 21.5. The summed E-state index contributed by atoms with van der Waals surface area (Å²) in [6.45, 7) is 0. The standard InChI is InChI=1S/C20H15ClN4S/c21-16-8-10-17(11-9-16)23-22-13-15-14-25(18-5-2-1-3-6-18)24-20(15)19-7-4-12-26-19/h1-14,23H/b22-13-. The van der Waals surface area contributed by atoms with Gasteiger partial charge in [-0.1, -0.05) is 35.9 Å². The third kappa shape index (κ3) is 3.69. The maximum Gasteiger partial charge on any atom is 0.112 e. The van der Waals surface area contributed by atoms with Crippen molar-refractivity contribution in [2.24, 2.45) is 5.10 Å². The number of nitrogens with one attached hydrogen (secondary N) is 1. The fourth-order valence-electron chi connectivity index (χ4n) is 2.50. The van der Waals surface area contributed by atoms with E-state index in [1.165, 1.54) is 0 Å². The number of rotatable bonds is 5. The molecule has 6 heteroatoms. The zero-order valence-corrected chi connectivity index (χ0v) is 15.3. The van der Waals surface area contributed by atoms with Crippen LogP contribution in [0.3, 0.4) is 0 Å². The first kappa shape index (κ1) is 16.6. The Labute approximate surface area is 160 Å². The molecule has 0 fully saturated rings. The smallest absolute Gasteiger partial charge is 0.112 e. The molecule has 0 atom stereocenters. The molecule has 0 saturated heterocycles. The number of anilines is 1. The van der Waals surface area contributed by atoms with Crippen LogP contribution in [0.4, 0.5) is 5.69 Å². The van der Waals surface area contributed by atoms with Gasteiger partial charge in [-0.3, -0.25) is 5.43 Å². The Kier molecular flexibility index (Phi) is 4.82. The van der Waals surface area contributed by atoms with Crippen LogP contribution in [0.25, 0.3) is 16.3 Å². The van der Waals surface area contributed by atoms with E-state index in [1.807, 2.05) is 76.9 Å². The first-order valence-corrected chi connectivity index (χ1v) is 9.29. The predicted octanol–water partition coefficient (Wildman–Crippen LogP) is 5.70. The Balaban J connectivity index is 1.64. The number of nitrogens with zero attached hydrogens (tertiary/aromatic N) is 3. The fraction of sp³-hybridized carbons (Fsp3) is 0. The number of hydrogen-bond donors (Lipinski definition) is 1. The number of para-hydroxylation sites is 1. The van der Waals surface area contributed by atoms with Crippen LogP contribution in [-0.2, 0) is 0 Å². The second kappa shape index (κ2) is 7.56. The lowest BCUT2D eigenvalue weighted by Crippen LogP contribution is -1.93. The monoisotopic (exact) mass is 378 g/mol. The molecule has 26 heavy (non-hydrogen) atoms. The molecule has 1 N–H and O–H groups in total. The molecule has 2 aromatic carbocycles. The maximum atomic E-state index is 5.90. The zero-order chi connectivity index (χ0) is 17.8. The summed E-state index contributed by atoms with van der Waals surface area (Å²) in [4.78, 5) is 1.10. The van der Waals surface area contributed by atoms with Crippen LogP contribution in [-0.4, -0.2) is 16.0 Å². The summed E-state index contributed by atoms with van der Waals surface area (Å²) in [5, 5.41) is 11.8. The van der Waals surface area contributed by atoms with Gasteiger partial charge in [0.15, 0.2) is 0 Å². The van der Waals surface area contributed by atoms with E-state index in [9.17, 15) is 0 Å². The van der Waals surface area contributed by atoms with E-state index >= 15 is 0 Å². The minimum atomic E-state index is 0.698. The van der Waals surface area contributed by atoms with Crippen LogP contribution < -0.4 is 5.43 Å². The highest BCUT2D eigenvalue weighted by Gasteiger charge is 2.11. The van der Waals surface area contributed by atoms with Crippen molar-refractivity contribution in [3.63, 3.8) is 0 Å². The van der Waals surface area contributed by atoms with Crippen LogP contribution in [0.2, 0.25) is 5.02 Å². The molecule has 2 aromatic heterocycles. The lowest BCUT2D eigenvalue weighted by molar-refractivity contribution is 0.885. The summed E-state index contributed by atoms with van der Waals surface area (Å²) in [5.74, 6) is 0. The van der Waals surface area contributed by atoms with Gasteiger partial charge in [-0.2, -0.15) is 10.2 Å². The topological polar surface area (TPSA) is 42.2 Å². The molecule has 128 valence electrons. The lowest BCUT2D eigenvalue weighted by atomic mass is 10.2. The minimum absolute atomic E-state index is 0.698. The van der Waals surface area contributed by atoms with Gasteiger partial charge in [0.25, 0.3) is 0 Å². The highest BCUT2D eigenvalue weighted by Crippen LogP contribution is 2.27. The van der Waals surface area contributed by atoms with Gasteiger partial charge in [0.2, 0.25) is 0 Å². The van der Waals surface area contributed by atoms with Crippen LogP contribution in [0.5, 0.6) is 0 Å². The third-order valence-electron chi connectivity index (χ3n) is 3.76. The summed E-state index contributed by atoms with van der Waals surface area (Å²) in [6.07, 6.45) is 3.77. The van der Waals surface area contributed by atoms with Crippen molar-refractivity contribution in [3.05, 3.63) is 88.9 Å². The van der Waals surface area contributed by atoms with Crippen molar-refractivity contribution in [2.75, 3.05) is 5.43 Å². The molecule has 0 spiro atoms. The summed E-state index contributed by atoms with van der Waals surface area (Å²) < 4.78 is 1.87. The second-order valence-corrected chi connectivity index (χ2v) is 6.95. The molecule has 0 bridgehead atoms. The van der Waals surface area contributed by atoms with E-state index in [1.54, 1.807) is 17.6 Å². The first-order chi connectivity index (χ1) is 12.8. The predicted molar refractivity (Wildman–Crippen MR) is 110 cm³/mol. The van der Waals surface area contributed by atoms with Crippen LogP contribution in [0.1, 0.15) is 5.56 Å². The molecule has 0 radical (unpaired) electrons. The van der Waals surface area contributed by atoms with Crippen molar-refractivity contribution >= 4 is 34.8 Å². The van der Waals surface area contributed by atoms with Gasteiger partial charge in [-0.05, 0) is 47.8 Å². The van der Waals surface area contributed by atoms with Crippen molar-refractivity contribution in [1.82, 2.24) is 9.78 Å². The van der Waals surface area contributed by atoms with Crippen LogP contribution in [0, 0.1) is 0 Å². The van der Waals surface area contributed by atoms with Gasteiger partial charge in [0.1, 0.15) is 5.69 Å². The Bertz CT molecular complexity index is 1010. The molecule has 0 aliphatic carbocycles. The van der Waals surface area contributed by atoms with Crippen LogP contribution >= 0.6 is 22.9 Å². The zero-order valence-electron chi connectivity index (χ0n) is 13.7. The lowest BCUT2D eigenvalue weighted by Gasteiger charge is -1.99. The molecular formula is C20H15ClN4S. The molecule has 4 rings (SSSR count). The van der Waals surface area contributed by atoms with E-state index in [2.05, 4.69) is 16.6 Å². The molecule has 0 aliphatic heterocycles. The van der Waals surface area contributed by atoms with Crippen molar-refractivity contribution in [1.29, 1.82) is 0 Å². The molecule has 4 aromatic rings. The summed E-state index contributed by atoms with van der Waals surface area (Å²) in [7, 11) is 0. The van der Waals surface area contributed by atoms with E-state index in [4.69, 9.17) is 16.7 Å². The average Bonchev–Trinajstić information content (AvgIpc) is 3.34. The fourth-order valence-corrected chi connectivity index (χ4v) is 3.36. The van der Waals surface area contributed by atoms with E-state index in [-0.39, 0.29) is 0 Å². The van der Waals surface area contributed by atoms with Crippen molar-refractivity contribution in [2.45, 2.75) is 0 Å². The molecule has 4 nitrogen and oxygen atoms in total. The van der Waals surface area contributed by atoms with E-state index in [0.29, 0.717) is 5.02 Å². The largest absolute Gasteiger partial charge is 0.279 e. The highest BCUT2D eigenvalue weighted by atomic mass is 35.5. The Morgan fingerprint density at radius 2 is 1.81 bits per heavy atom. The molecule has 0 saturated carbocycles. The number of aromatic nitrogens is 2. The minimum Gasteiger partial charge on any atom is -0.279 e. The van der Waals surface area contributed by atoms with Gasteiger partial charge in [-0.15, -0.1) is 11.3 Å². The van der Waals surface area contributed by atoms with Crippen molar-refractivity contribution in [3.8, 4) is 16.3 Å². The van der Waals surface area contributed by atoms with Crippen molar-refractivity contribution < 1.29 is 0 Å². The number of thiophene rings is 1. The normalized spacial score (nSPS) is 11.1. The molecular weight excluding hydrogens is 364 g/mol. The Hall–Kier alpha value is -2.89. The quantitative estimate of drug-likeness (QED) is 0.357. The number of halogens is 1. The molecule has 0 unspecified atom stereocenters. The van der Waals surface area contributed by atoms with Crippen LogP contribution in [0.15, 0.2) is 83.4 Å². The Morgan fingerprint density at radius 3 is 2.54 bits per heavy atom.